The summed E-state index contributed by atoms with van der Waals surface area (Å²) in [6.45, 7) is 1.37. The summed E-state index contributed by atoms with van der Waals surface area (Å²) in [5, 5.41) is 9.57. The van der Waals surface area contributed by atoms with Crippen molar-refractivity contribution in [3.8, 4) is 11.5 Å². The first kappa shape index (κ1) is 21.0. The lowest BCUT2D eigenvalue weighted by molar-refractivity contribution is 0.105. The molecule has 0 bridgehead atoms. The van der Waals surface area contributed by atoms with Crippen LogP contribution in [0.25, 0.3) is 10.5 Å². The Balaban J connectivity index is 1.74. The molecule has 6 heteroatoms. The van der Waals surface area contributed by atoms with E-state index in [0.29, 0.717) is 33.1 Å². The van der Waals surface area contributed by atoms with Gasteiger partial charge in [0.2, 0.25) is 0 Å². The number of aromatic hydroxyl groups is 1. The highest BCUT2D eigenvalue weighted by Crippen LogP contribution is 2.43. The van der Waals surface area contributed by atoms with Crippen LogP contribution in [-0.4, -0.2) is 47.2 Å². The van der Waals surface area contributed by atoms with Gasteiger partial charge in [-0.3, -0.25) is 4.79 Å². The first-order valence-corrected chi connectivity index (χ1v) is 11.1. The minimum absolute atomic E-state index is 0.0889. The molecule has 0 aromatic heterocycles. The smallest absolute Gasteiger partial charge is 0.194 e. The van der Waals surface area contributed by atoms with Gasteiger partial charge in [-0.05, 0) is 62.1 Å². The second-order valence-corrected chi connectivity index (χ2v) is 8.91. The lowest BCUT2D eigenvalue weighted by atomic mass is 9.94. The van der Waals surface area contributed by atoms with Crippen molar-refractivity contribution in [2.24, 2.45) is 0 Å². The summed E-state index contributed by atoms with van der Waals surface area (Å²) in [7, 11) is 2.50. The van der Waals surface area contributed by atoms with Gasteiger partial charge in [0.25, 0.3) is 0 Å². The average Bonchev–Trinajstić information content (AvgIpc) is 3.07. The SMILES string of the molecule is CN(C)CCOc1ccc(C2=C(C(=O)c3ccc(O)cc3)c3ccccc3S2=O)cc1. The number of nitrogens with zero attached hydrogens (tertiary/aromatic N) is 1. The van der Waals surface area contributed by atoms with Crippen LogP contribution in [0.15, 0.2) is 77.7 Å². The predicted octanol–water partition coefficient (Wildman–Crippen LogP) is 4.21. The number of fused-ring (bicyclic) bond motifs is 1. The number of ketones is 1. The number of carbonyl (C=O) groups excluding carboxylic acids is 1. The van der Waals surface area contributed by atoms with Gasteiger partial charge in [-0.15, -0.1) is 0 Å². The van der Waals surface area contributed by atoms with E-state index in [1.165, 1.54) is 12.1 Å². The molecule has 1 N–H and O–H groups in total. The molecule has 4 rings (SSSR count). The lowest BCUT2D eigenvalue weighted by Gasteiger charge is -2.12. The monoisotopic (exact) mass is 433 g/mol. The molecule has 1 unspecified atom stereocenters. The topological polar surface area (TPSA) is 66.8 Å². The number of phenols is 1. The maximum atomic E-state index is 13.4. The van der Waals surface area contributed by atoms with Gasteiger partial charge in [0.1, 0.15) is 18.1 Å². The van der Waals surface area contributed by atoms with Crippen LogP contribution in [0.4, 0.5) is 0 Å². The molecule has 0 saturated carbocycles. The summed E-state index contributed by atoms with van der Waals surface area (Å²) in [4.78, 5) is 16.6. The predicted molar refractivity (Wildman–Crippen MR) is 123 cm³/mol. The van der Waals surface area contributed by atoms with Crippen molar-refractivity contribution in [1.82, 2.24) is 4.90 Å². The lowest BCUT2D eigenvalue weighted by Crippen LogP contribution is -2.19. The zero-order valence-electron chi connectivity index (χ0n) is 17.4. The van der Waals surface area contributed by atoms with E-state index >= 15 is 0 Å². The molecule has 1 heterocycles. The minimum atomic E-state index is -1.47. The van der Waals surface area contributed by atoms with Crippen LogP contribution in [0.2, 0.25) is 0 Å². The van der Waals surface area contributed by atoms with E-state index in [-0.39, 0.29) is 11.5 Å². The largest absolute Gasteiger partial charge is 0.508 e. The molecule has 0 spiro atoms. The van der Waals surface area contributed by atoms with Crippen molar-refractivity contribution in [3.05, 3.63) is 89.5 Å². The third-order valence-electron chi connectivity index (χ3n) is 5.05. The normalized spacial score (nSPS) is 15.3. The van der Waals surface area contributed by atoms with Crippen LogP contribution in [0.1, 0.15) is 21.5 Å². The van der Waals surface area contributed by atoms with Gasteiger partial charge in [-0.2, -0.15) is 0 Å². The number of benzene rings is 3. The summed E-state index contributed by atoms with van der Waals surface area (Å²) in [6.07, 6.45) is 0. The van der Waals surface area contributed by atoms with Crippen LogP contribution in [0.3, 0.4) is 0 Å². The van der Waals surface area contributed by atoms with Crippen molar-refractivity contribution >= 4 is 27.1 Å². The first-order chi connectivity index (χ1) is 15.0. The standard InChI is InChI=1S/C25H23NO4S/c1-26(2)15-16-30-20-13-9-18(10-14-20)25-23(21-5-3-4-6-22(21)31(25)29)24(28)17-7-11-19(27)12-8-17/h3-14,27H,15-16H2,1-2H3. The van der Waals surface area contributed by atoms with Crippen LogP contribution >= 0.6 is 0 Å². The summed E-state index contributed by atoms with van der Waals surface area (Å²) in [5.41, 5.74) is 2.26. The summed E-state index contributed by atoms with van der Waals surface area (Å²) in [6, 6.07) is 20.7. The van der Waals surface area contributed by atoms with Crippen molar-refractivity contribution in [3.63, 3.8) is 0 Å². The van der Waals surface area contributed by atoms with E-state index in [1.54, 1.807) is 18.2 Å². The summed E-state index contributed by atoms with van der Waals surface area (Å²) in [5.74, 6) is 0.588. The Morgan fingerprint density at radius 2 is 1.65 bits per heavy atom. The number of phenolic OH excluding ortho intramolecular Hbond substituents is 1. The van der Waals surface area contributed by atoms with Gasteiger partial charge in [0.05, 0.1) is 20.6 Å². The Labute approximate surface area is 184 Å². The Bertz CT molecular complexity index is 1160. The van der Waals surface area contributed by atoms with Crippen LogP contribution in [0, 0.1) is 0 Å². The number of hydrogen-bond acceptors (Lipinski definition) is 5. The highest BCUT2D eigenvalue weighted by Gasteiger charge is 2.33. The molecule has 158 valence electrons. The van der Waals surface area contributed by atoms with Crippen molar-refractivity contribution in [1.29, 1.82) is 0 Å². The molecule has 1 aliphatic heterocycles. The van der Waals surface area contributed by atoms with E-state index in [0.717, 1.165) is 17.9 Å². The van der Waals surface area contributed by atoms with Crippen molar-refractivity contribution < 1.29 is 18.8 Å². The Kier molecular flexibility index (Phi) is 6.02. The maximum absolute atomic E-state index is 13.4. The Hall–Kier alpha value is -3.22. The number of allylic oxidation sites excluding steroid dienone is 1. The van der Waals surface area contributed by atoms with Gasteiger partial charge in [0, 0.05) is 23.2 Å². The molecular weight excluding hydrogens is 410 g/mol. The third kappa shape index (κ3) is 4.31. The number of hydrogen-bond donors (Lipinski definition) is 1. The second-order valence-electron chi connectivity index (χ2n) is 7.52. The van der Waals surface area contributed by atoms with E-state index in [2.05, 4.69) is 0 Å². The number of ether oxygens (including phenoxy) is 1. The maximum Gasteiger partial charge on any atom is 0.194 e. The fraction of sp³-hybridized carbons (Fsp3) is 0.160. The van der Waals surface area contributed by atoms with Crippen molar-refractivity contribution in [2.75, 3.05) is 27.2 Å². The number of Topliss-reactive ketones (excluding diaryl/α,β-unsaturated/α-hetero) is 1. The summed E-state index contributed by atoms with van der Waals surface area (Å²) < 4.78 is 19.1. The van der Waals surface area contributed by atoms with Gasteiger partial charge in [0.15, 0.2) is 5.78 Å². The van der Waals surface area contributed by atoms with Gasteiger partial charge in [-0.1, -0.05) is 30.3 Å². The van der Waals surface area contributed by atoms with Gasteiger partial charge < -0.3 is 14.7 Å². The highest BCUT2D eigenvalue weighted by atomic mass is 32.2. The van der Waals surface area contributed by atoms with Crippen molar-refractivity contribution in [2.45, 2.75) is 4.90 Å². The van der Waals surface area contributed by atoms with E-state index in [9.17, 15) is 14.1 Å². The molecule has 1 atom stereocenters. The Morgan fingerprint density at radius 1 is 0.968 bits per heavy atom. The zero-order chi connectivity index (χ0) is 22.0. The molecule has 0 fully saturated rings. The first-order valence-electron chi connectivity index (χ1n) is 9.93. The number of rotatable bonds is 7. The second kappa shape index (κ2) is 8.88. The molecular formula is C25H23NO4S. The Morgan fingerprint density at radius 3 is 2.32 bits per heavy atom. The molecule has 3 aromatic carbocycles. The fourth-order valence-electron chi connectivity index (χ4n) is 3.44. The summed E-state index contributed by atoms with van der Waals surface area (Å²) >= 11 is 0. The average molecular weight is 434 g/mol. The molecule has 1 aliphatic rings. The van der Waals surface area contributed by atoms with Gasteiger partial charge in [-0.25, -0.2) is 4.21 Å². The van der Waals surface area contributed by atoms with E-state index < -0.39 is 10.8 Å². The van der Waals surface area contributed by atoms with Crippen LogP contribution in [0.5, 0.6) is 11.5 Å². The number of carbonyl (C=O) groups is 1. The van der Waals surface area contributed by atoms with Gasteiger partial charge >= 0.3 is 0 Å². The molecule has 3 aromatic rings. The third-order valence-corrected chi connectivity index (χ3v) is 6.61. The molecule has 5 nitrogen and oxygen atoms in total. The molecule has 0 aliphatic carbocycles. The van der Waals surface area contributed by atoms with Crippen LogP contribution in [-0.2, 0) is 10.8 Å². The van der Waals surface area contributed by atoms with E-state index in [1.807, 2.05) is 61.5 Å². The minimum Gasteiger partial charge on any atom is -0.508 e. The highest BCUT2D eigenvalue weighted by molar-refractivity contribution is 7.95. The van der Waals surface area contributed by atoms with E-state index in [4.69, 9.17) is 4.74 Å². The quantitative estimate of drug-likeness (QED) is 0.566. The molecule has 31 heavy (non-hydrogen) atoms. The fourth-order valence-corrected chi connectivity index (χ4v) is 4.97. The number of likely N-dealkylation sites (N-methyl/N-ethyl adjacent to an activating group) is 1. The van der Waals surface area contributed by atoms with Crippen LogP contribution < -0.4 is 4.74 Å². The zero-order valence-corrected chi connectivity index (χ0v) is 18.2. The molecule has 0 radical (unpaired) electrons. The molecule has 0 saturated heterocycles. The molecule has 0 amide bonds.